The Kier molecular flexibility index (Phi) is 7.63. The van der Waals surface area contributed by atoms with E-state index < -0.39 is 5.82 Å². The van der Waals surface area contributed by atoms with Crippen LogP contribution in [0.4, 0.5) is 21.8 Å². The number of ether oxygens (including phenoxy) is 1. The number of hydrogen-bond donors (Lipinski definition) is 2. The van der Waals surface area contributed by atoms with Gasteiger partial charge >= 0.3 is 0 Å². The van der Waals surface area contributed by atoms with Crippen LogP contribution in [0.5, 0.6) is 0 Å². The van der Waals surface area contributed by atoms with Crippen molar-refractivity contribution in [1.82, 2.24) is 9.97 Å². The van der Waals surface area contributed by atoms with E-state index in [0.717, 1.165) is 11.8 Å². The molecule has 1 aromatic heterocycles. The largest absolute Gasteiger partial charge is 0.378 e. The molecule has 30 heavy (non-hydrogen) atoms. The Balaban J connectivity index is 1.49. The molecule has 0 saturated carbocycles. The van der Waals surface area contributed by atoms with E-state index in [9.17, 15) is 9.18 Å². The number of carbonyl (C=O) groups excluding carboxylic acids is 1. The van der Waals surface area contributed by atoms with E-state index in [4.69, 9.17) is 16.3 Å². The summed E-state index contributed by atoms with van der Waals surface area (Å²) in [5.41, 5.74) is 4.04. The lowest BCUT2D eigenvalue weighted by Gasteiger charge is -2.27. The number of nitrogens with zero attached hydrogens (tertiary/aromatic N) is 5. The fourth-order valence-corrected chi connectivity index (χ4v) is 2.96. The third-order valence-electron chi connectivity index (χ3n) is 4.17. The maximum atomic E-state index is 14.0. The fraction of sp³-hybridized carbons (Fsp3) is 0.316. The van der Waals surface area contributed by atoms with E-state index in [1.54, 1.807) is 11.0 Å². The molecule has 11 heteroatoms. The van der Waals surface area contributed by atoms with E-state index in [0.29, 0.717) is 37.0 Å². The Morgan fingerprint density at radius 1 is 1.37 bits per heavy atom. The number of benzene rings is 1. The summed E-state index contributed by atoms with van der Waals surface area (Å²) in [5, 5.41) is 7.09. The molecular formula is C19H21ClFN7O2. The summed E-state index contributed by atoms with van der Waals surface area (Å²) in [6.45, 7) is 3.91. The minimum Gasteiger partial charge on any atom is -0.378 e. The monoisotopic (exact) mass is 433 g/mol. The Bertz CT molecular complexity index is 928. The van der Waals surface area contributed by atoms with Crippen molar-refractivity contribution in [3.63, 3.8) is 0 Å². The number of para-hydroxylation sites is 1. The highest BCUT2D eigenvalue weighted by molar-refractivity contribution is 6.34. The first kappa shape index (κ1) is 21.6. The lowest BCUT2D eigenvalue weighted by molar-refractivity contribution is -0.114. The number of carbonyl (C=O) groups is 1. The highest BCUT2D eigenvalue weighted by Crippen LogP contribution is 2.25. The van der Waals surface area contributed by atoms with E-state index >= 15 is 0 Å². The van der Waals surface area contributed by atoms with E-state index in [1.807, 2.05) is 19.1 Å². The number of aromatic nitrogens is 2. The second-order valence-electron chi connectivity index (χ2n) is 6.32. The van der Waals surface area contributed by atoms with Crippen molar-refractivity contribution in [2.75, 3.05) is 48.5 Å². The zero-order valence-corrected chi connectivity index (χ0v) is 17.1. The van der Waals surface area contributed by atoms with E-state index in [1.165, 1.54) is 12.4 Å². The van der Waals surface area contributed by atoms with Crippen LogP contribution in [0, 0.1) is 12.7 Å². The quantitative estimate of drug-likeness (QED) is 0.513. The van der Waals surface area contributed by atoms with Crippen LogP contribution in [0.25, 0.3) is 0 Å². The smallest absolute Gasteiger partial charge is 0.246 e. The minimum absolute atomic E-state index is 0.0924. The first-order chi connectivity index (χ1) is 14.5. The van der Waals surface area contributed by atoms with Crippen LogP contribution < -0.4 is 15.6 Å². The van der Waals surface area contributed by atoms with Gasteiger partial charge in [-0.05, 0) is 18.6 Å². The zero-order chi connectivity index (χ0) is 21.3. The molecular weight excluding hydrogens is 413 g/mol. The Morgan fingerprint density at radius 3 is 2.93 bits per heavy atom. The summed E-state index contributed by atoms with van der Waals surface area (Å²) >= 11 is 6.08. The van der Waals surface area contributed by atoms with Crippen molar-refractivity contribution in [3.05, 3.63) is 40.8 Å². The third kappa shape index (κ3) is 5.94. The number of rotatable bonds is 7. The number of aliphatic imine (C=N–C) groups is 1. The molecule has 1 aromatic carbocycles. The van der Waals surface area contributed by atoms with Gasteiger partial charge in [0, 0.05) is 19.3 Å². The van der Waals surface area contributed by atoms with Gasteiger partial charge in [0.15, 0.2) is 11.6 Å². The average molecular weight is 434 g/mol. The van der Waals surface area contributed by atoms with Crippen molar-refractivity contribution in [2.24, 2.45) is 10.1 Å². The molecule has 2 aromatic rings. The second kappa shape index (κ2) is 10.6. The molecule has 0 radical (unpaired) electrons. The van der Waals surface area contributed by atoms with Crippen molar-refractivity contribution in [3.8, 4) is 0 Å². The lowest BCUT2D eigenvalue weighted by atomic mass is 10.2. The number of morpholine rings is 1. The van der Waals surface area contributed by atoms with Crippen molar-refractivity contribution in [1.29, 1.82) is 0 Å². The molecule has 9 nitrogen and oxygen atoms in total. The number of hydrazone groups is 1. The summed E-state index contributed by atoms with van der Waals surface area (Å²) < 4.78 is 19.2. The molecule has 1 fully saturated rings. The number of halogens is 2. The third-order valence-corrected chi connectivity index (χ3v) is 4.48. The number of hydrogen-bond acceptors (Lipinski definition) is 8. The standard InChI is InChI=1S/C19H21ClFN7O2/c1-13-3-2-4-14(20)17(13)25-16(29)12-22-5-6-24-27-19-23-11-15(21)18(26-19)28-7-9-30-10-8-28/h2-6,11H,7-10,12H2,1H3,(H,25,29)(H,23,26,27)/b22-5+,24-6+. The Labute approximate surface area is 178 Å². The number of amides is 1. The normalized spacial score (nSPS) is 14.4. The molecule has 2 heterocycles. The summed E-state index contributed by atoms with van der Waals surface area (Å²) in [6, 6.07) is 5.36. The van der Waals surface area contributed by atoms with Gasteiger partial charge in [-0.3, -0.25) is 9.79 Å². The SMILES string of the molecule is Cc1cccc(Cl)c1NC(=O)C/N=C/C=N/Nc1ncc(F)c(N2CCOCC2)n1. The molecule has 0 aliphatic carbocycles. The average Bonchev–Trinajstić information content (AvgIpc) is 2.75. The van der Waals surface area contributed by atoms with Gasteiger partial charge in [0.1, 0.15) is 6.54 Å². The van der Waals surface area contributed by atoms with Crippen molar-refractivity contribution >= 4 is 47.4 Å². The molecule has 3 rings (SSSR count). The Morgan fingerprint density at radius 2 is 2.17 bits per heavy atom. The van der Waals surface area contributed by atoms with E-state index in [-0.39, 0.29) is 24.2 Å². The molecule has 0 spiro atoms. The topological polar surface area (TPSA) is 104 Å². The van der Waals surface area contributed by atoms with Gasteiger partial charge in [-0.2, -0.15) is 10.1 Å². The predicted molar refractivity (Wildman–Crippen MR) is 115 cm³/mol. The van der Waals surface area contributed by atoms with Gasteiger partial charge in [-0.1, -0.05) is 23.7 Å². The van der Waals surface area contributed by atoms with Crippen LogP contribution in [-0.4, -0.2) is 61.2 Å². The molecule has 1 aliphatic rings. The van der Waals surface area contributed by atoms with Gasteiger partial charge in [0.05, 0.1) is 36.3 Å². The number of nitrogens with one attached hydrogen (secondary N) is 2. The van der Waals surface area contributed by atoms with Gasteiger partial charge in [-0.25, -0.2) is 14.8 Å². The van der Waals surface area contributed by atoms with Gasteiger partial charge in [-0.15, -0.1) is 0 Å². The number of anilines is 3. The maximum absolute atomic E-state index is 14.0. The minimum atomic E-state index is -0.507. The summed E-state index contributed by atoms with van der Waals surface area (Å²) in [6.07, 6.45) is 3.79. The van der Waals surface area contributed by atoms with Gasteiger partial charge in [0.2, 0.25) is 11.9 Å². The molecule has 1 aliphatic heterocycles. The maximum Gasteiger partial charge on any atom is 0.246 e. The molecule has 0 atom stereocenters. The highest BCUT2D eigenvalue weighted by atomic mass is 35.5. The predicted octanol–water partition coefficient (Wildman–Crippen LogP) is 2.52. The molecule has 158 valence electrons. The second-order valence-corrected chi connectivity index (χ2v) is 6.73. The summed E-state index contributed by atoms with van der Waals surface area (Å²) in [5.74, 6) is -0.464. The van der Waals surface area contributed by atoms with Crippen LogP contribution in [0.3, 0.4) is 0 Å². The molecule has 1 amide bonds. The van der Waals surface area contributed by atoms with Crippen LogP contribution in [0.15, 0.2) is 34.5 Å². The van der Waals surface area contributed by atoms with Crippen LogP contribution in [0.2, 0.25) is 5.02 Å². The molecule has 2 N–H and O–H groups in total. The molecule has 1 saturated heterocycles. The number of aryl methyl sites for hydroxylation is 1. The van der Waals surface area contributed by atoms with Crippen LogP contribution in [0.1, 0.15) is 5.56 Å². The fourth-order valence-electron chi connectivity index (χ4n) is 2.69. The first-order valence-electron chi connectivity index (χ1n) is 9.22. The molecule has 0 unspecified atom stereocenters. The lowest BCUT2D eigenvalue weighted by Crippen LogP contribution is -2.37. The summed E-state index contributed by atoms with van der Waals surface area (Å²) in [7, 11) is 0. The van der Waals surface area contributed by atoms with Crippen LogP contribution >= 0.6 is 11.6 Å². The van der Waals surface area contributed by atoms with Gasteiger partial charge in [0.25, 0.3) is 0 Å². The van der Waals surface area contributed by atoms with Crippen molar-refractivity contribution < 1.29 is 13.9 Å². The molecule has 0 bridgehead atoms. The summed E-state index contributed by atoms with van der Waals surface area (Å²) in [4.78, 5) is 25.7. The van der Waals surface area contributed by atoms with Crippen molar-refractivity contribution in [2.45, 2.75) is 6.92 Å². The van der Waals surface area contributed by atoms with Gasteiger partial charge < -0.3 is 15.0 Å². The Hall–Kier alpha value is -3.11. The zero-order valence-electron chi connectivity index (χ0n) is 16.3. The van der Waals surface area contributed by atoms with Crippen LogP contribution in [-0.2, 0) is 9.53 Å². The van der Waals surface area contributed by atoms with E-state index in [2.05, 4.69) is 30.8 Å². The first-order valence-corrected chi connectivity index (χ1v) is 9.60. The highest BCUT2D eigenvalue weighted by Gasteiger charge is 2.17.